The average molecular weight is 323 g/mol. The van der Waals surface area contributed by atoms with E-state index in [2.05, 4.69) is 11.1 Å². The van der Waals surface area contributed by atoms with Crippen LogP contribution in [0.5, 0.6) is 11.5 Å². The molecule has 0 bridgehead atoms. The lowest BCUT2D eigenvalue weighted by Crippen LogP contribution is -2.12. The molecule has 5 heteroatoms. The molecule has 0 saturated carbocycles. The molecule has 2 N–H and O–H groups in total. The van der Waals surface area contributed by atoms with E-state index in [1.807, 2.05) is 26.0 Å². The topological polar surface area (TPSA) is 47.6 Å². The fourth-order valence-electron chi connectivity index (χ4n) is 1.87. The van der Waals surface area contributed by atoms with E-state index < -0.39 is 0 Å². The number of benzene rings is 2. The maximum absolute atomic E-state index is 6.22. The van der Waals surface area contributed by atoms with Gasteiger partial charge in [0.2, 0.25) is 0 Å². The van der Waals surface area contributed by atoms with Gasteiger partial charge in [-0.15, -0.1) is 11.6 Å². The van der Waals surface area contributed by atoms with E-state index in [9.17, 15) is 0 Å². The quantitative estimate of drug-likeness (QED) is 0.490. The van der Waals surface area contributed by atoms with Gasteiger partial charge in [0, 0.05) is 0 Å². The first-order valence-corrected chi connectivity index (χ1v) is 7.34. The smallest absolute Gasteiger partial charge is 0.146 e. The highest BCUT2D eigenvalue weighted by molar-refractivity contribution is 6.32. The summed E-state index contributed by atoms with van der Waals surface area (Å²) in [7, 11) is 0. The van der Waals surface area contributed by atoms with Crippen molar-refractivity contribution in [3.05, 3.63) is 52.5 Å². The second-order valence-corrected chi connectivity index (χ2v) is 5.40. The van der Waals surface area contributed by atoms with Crippen LogP contribution in [0.15, 0.2) is 41.4 Å². The summed E-state index contributed by atoms with van der Waals surface area (Å²) in [6, 6.07) is 11.2. The number of aryl methyl sites for hydroxylation is 2. The minimum absolute atomic E-state index is 0.179. The number of halogens is 2. The molecule has 0 aromatic heterocycles. The summed E-state index contributed by atoms with van der Waals surface area (Å²) in [5.41, 5.74) is 8.48. The van der Waals surface area contributed by atoms with Crippen LogP contribution in [0.1, 0.15) is 11.1 Å². The summed E-state index contributed by atoms with van der Waals surface area (Å²) in [5.74, 6) is 1.88. The van der Waals surface area contributed by atoms with Crippen LogP contribution < -0.4 is 10.5 Å². The summed E-state index contributed by atoms with van der Waals surface area (Å²) >= 11 is 11.8. The average Bonchev–Trinajstić information content (AvgIpc) is 2.44. The Bertz CT molecular complexity index is 684. The Kier molecular flexibility index (Phi) is 5.10. The second-order valence-electron chi connectivity index (χ2n) is 4.72. The van der Waals surface area contributed by atoms with E-state index in [1.165, 1.54) is 5.56 Å². The first-order chi connectivity index (χ1) is 9.99. The SMILES string of the molecule is Cc1ccc(Oc2ccc(N=C(N)CCl)cc2Cl)c(C)c1. The molecule has 0 heterocycles. The molecule has 0 radical (unpaired) electrons. The number of aliphatic imine (C=N–C) groups is 1. The minimum Gasteiger partial charge on any atom is -0.456 e. The van der Waals surface area contributed by atoms with Gasteiger partial charge < -0.3 is 10.5 Å². The highest BCUT2D eigenvalue weighted by atomic mass is 35.5. The Labute approximate surface area is 134 Å². The molecule has 0 spiro atoms. The molecular weight excluding hydrogens is 307 g/mol. The number of hydrogen-bond donors (Lipinski definition) is 1. The fourth-order valence-corrected chi connectivity index (χ4v) is 2.14. The van der Waals surface area contributed by atoms with Crippen LogP contribution in [0.25, 0.3) is 0 Å². The van der Waals surface area contributed by atoms with Crippen molar-refractivity contribution < 1.29 is 4.74 Å². The first kappa shape index (κ1) is 15.7. The standard InChI is InChI=1S/C16H16Cl2N2O/c1-10-3-5-14(11(2)7-10)21-15-6-4-12(8-13(15)18)20-16(19)9-17/h3-8H,9H2,1-2H3,(H2,19,20). The molecule has 2 aromatic carbocycles. The van der Waals surface area contributed by atoms with E-state index in [0.717, 1.165) is 11.3 Å². The van der Waals surface area contributed by atoms with Crippen molar-refractivity contribution in [3.63, 3.8) is 0 Å². The number of hydrogen-bond acceptors (Lipinski definition) is 2. The second kappa shape index (κ2) is 6.83. The molecule has 110 valence electrons. The monoisotopic (exact) mass is 322 g/mol. The van der Waals surface area contributed by atoms with Gasteiger partial charge in [-0.1, -0.05) is 29.3 Å². The zero-order chi connectivity index (χ0) is 15.4. The van der Waals surface area contributed by atoms with Crippen molar-refractivity contribution >= 4 is 34.7 Å². The molecule has 0 aliphatic rings. The van der Waals surface area contributed by atoms with Gasteiger partial charge in [-0.25, -0.2) is 4.99 Å². The molecule has 21 heavy (non-hydrogen) atoms. The van der Waals surface area contributed by atoms with Gasteiger partial charge in [0.25, 0.3) is 0 Å². The Hall–Kier alpha value is -1.71. The van der Waals surface area contributed by atoms with Crippen molar-refractivity contribution in [2.45, 2.75) is 13.8 Å². The van der Waals surface area contributed by atoms with Crippen LogP contribution in [0.3, 0.4) is 0 Å². The summed E-state index contributed by atoms with van der Waals surface area (Å²) in [5, 5.41) is 0.471. The fraction of sp³-hybridized carbons (Fsp3) is 0.188. The molecule has 0 aliphatic carbocycles. The zero-order valence-corrected chi connectivity index (χ0v) is 13.4. The molecule has 0 fully saturated rings. The third-order valence-electron chi connectivity index (χ3n) is 2.88. The Balaban J connectivity index is 2.25. The van der Waals surface area contributed by atoms with Crippen molar-refractivity contribution in [1.29, 1.82) is 0 Å². The van der Waals surface area contributed by atoms with E-state index in [1.54, 1.807) is 18.2 Å². The molecule has 0 atom stereocenters. The first-order valence-electron chi connectivity index (χ1n) is 6.43. The summed E-state index contributed by atoms with van der Waals surface area (Å²) in [6.07, 6.45) is 0. The van der Waals surface area contributed by atoms with Crippen molar-refractivity contribution in [2.24, 2.45) is 10.7 Å². The Morgan fingerprint density at radius 3 is 2.48 bits per heavy atom. The maximum atomic E-state index is 6.22. The highest BCUT2D eigenvalue weighted by Gasteiger charge is 2.07. The van der Waals surface area contributed by atoms with Crippen molar-refractivity contribution in [2.75, 3.05) is 5.88 Å². The third kappa shape index (κ3) is 4.13. The molecule has 0 saturated heterocycles. The van der Waals surface area contributed by atoms with Crippen LogP contribution in [0.4, 0.5) is 5.69 Å². The van der Waals surface area contributed by atoms with Crippen LogP contribution in [0, 0.1) is 13.8 Å². The zero-order valence-electron chi connectivity index (χ0n) is 11.9. The lowest BCUT2D eigenvalue weighted by molar-refractivity contribution is 0.479. The van der Waals surface area contributed by atoms with Gasteiger partial charge in [-0.2, -0.15) is 0 Å². The predicted octanol–water partition coefficient (Wildman–Crippen LogP) is 4.98. The van der Waals surface area contributed by atoms with E-state index in [4.69, 9.17) is 33.7 Å². The lowest BCUT2D eigenvalue weighted by atomic mass is 10.1. The minimum atomic E-state index is 0.179. The van der Waals surface area contributed by atoms with Crippen LogP contribution in [-0.4, -0.2) is 11.7 Å². The number of ether oxygens (including phenoxy) is 1. The molecule has 2 rings (SSSR count). The summed E-state index contributed by atoms with van der Waals surface area (Å²) in [4.78, 5) is 4.14. The van der Waals surface area contributed by atoms with Gasteiger partial charge in [-0.3, -0.25) is 0 Å². The molecule has 0 aliphatic heterocycles. The van der Waals surface area contributed by atoms with Gasteiger partial charge in [0.15, 0.2) is 0 Å². The van der Waals surface area contributed by atoms with Gasteiger partial charge >= 0.3 is 0 Å². The maximum Gasteiger partial charge on any atom is 0.146 e. The summed E-state index contributed by atoms with van der Waals surface area (Å²) < 4.78 is 5.84. The number of nitrogens with zero attached hydrogens (tertiary/aromatic N) is 1. The number of amidine groups is 1. The van der Waals surface area contributed by atoms with Gasteiger partial charge in [0.05, 0.1) is 16.6 Å². The van der Waals surface area contributed by atoms with Crippen molar-refractivity contribution in [1.82, 2.24) is 0 Å². The predicted molar refractivity (Wildman–Crippen MR) is 89.4 cm³/mol. The Morgan fingerprint density at radius 2 is 1.86 bits per heavy atom. The number of rotatable bonds is 4. The molecule has 2 aromatic rings. The van der Waals surface area contributed by atoms with Crippen LogP contribution in [0.2, 0.25) is 5.02 Å². The van der Waals surface area contributed by atoms with Crippen molar-refractivity contribution in [3.8, 4) is 11.5 Å². The lowest BCUT2D eigenvalue weighted by Gasteiger charge is -2.11. The molecule has 0 amide bonds. The third-order valence-corrected chi connectivity index (χ3v) is 3.44. The largest absolute Gasteiger partial charge is 0.456 e. The van der Waals surface area contributed by atoms with E-state index in [0.29, 0.717) is 22.3 Å². The molecular formula is C16H16Cl2N2O. The van der Waals surface area contributed by atoms with Crippen LogP contribution >= 0.6 is 23.2 Å². The molecule has 3 nitrogen and oxygen atoms in total. The number of nitrogens with two attached hydrogens (primary N) is 1. The number of alkyl halides is 1. The highest BCUT2D eigenvalue weighted by Crippen LogP contribution is 2.34. The molecule has 0 unspecified atom stereocenters. The Morgan fingerprint density at radius 1 is 1.14 bits per heavy atom. The van der Waals surface area contributed by atoms with Gasteiger partial charge in [-0.05, 0) is 43.7 Å². The van der Waals surface area contributed by atoms with Gasteiger partial charge in [0.1, 0.15) is 17.3 Å². The normalized spacial score (nSPS) is 11.5. The van der Waals surface area contributed by atoms with E-state index >= 15 is 0 Å². The van der Waals surface area contributed by atoms with Crippen LogP contribution in [-0.2, 0) is 0 Å². The summed E-state index contributed by atoms with van der Waals surface area (Å²) in [6.45, 7) is 4.04. The van der Waals surface area contributed by atoms with E-state index in [-0.39, 0.29) is 5.88 Å².